The molecular weight excluding hydrogens is 567 g/mol. The van der Waals surface area contributed by atoms with Gasteiger partial charge in [0.25, 0.3) is 6.29 Å². The van der Waals surface area contributed by atoms with Gasteiger partial charge >= 0.3 is 71.1 Å². The van der Waals surface area contributed by atoms with E-state index in [0.29, 0.717) is 6.42 Å². The molecule has 0 saturated carbocycles. The molecule has 0 amide bonds. The molecule has 0 saturated heterocycles. The number of carbonyl (C=O) groups excluding carboxylic acids is 2. The van der Waals surface area contributed by atoms with Crippen LogP contribution in [0.1, 0.15) is 100 Å². The predicted molar refractivity (Wildman–Crippen MR) is 167 cm³/mol. The van der Waals surface area contributed by atoms with Gasteiger partial charge in [-0.15, -0.1) is 0 Å². The summed E-state index contributed by atoms with van der Waals surface area (Å²) in [6.45, 7) is 2.84. The number of esters is 2. The van der Waals surface area contributed by atoms with E-state index in [4.69, 9.17) is 9.47 Å². The third-order valence-electron chi connectivity index (χ3n) is 4.46. The number of rotatable bonds is 16. The molecule has 9 nitrogen and oxygen atoms in total. The normalized spacial score (nSPS) is 9.17. The van der Waals surface area contributed by atoms with Crippen molar-refractivity contribution in [2.24, 2.45) is 0 Å². The van der Waals surface area contributed by atoms with Crippen LogP contribution in [-0.2, 0) is 28.2 Å². The summed E-state index contributed by atoms with van der Waals surface area (Å²) in [5.41, 5.74) is 0. The fraction of sp³-hybridized carbons (Fsp3) is 0.517. The zero-order valence-corrected chi connectivity index (χ0v) is 29.4. The zero-order valence-electron chi connectivity index (χ0n) is 24.5. The molecule has 0 bridgehead atoms. The predicted octanol–water partition coefficient (Wildman–Crippen LogP) is -0.528. The van der Waals surface area contributed by atoms with Crippen LogP contribution in [0.15, 0.2) is 0 Å². The van der Waals surface area contributed by atoms with Crippen LogP contribution < -0.4 is 75.1 Å². The van der Waals surface area contributed by atoms with Crippen molar-refractivity contribution in [3.05, 3.63) is 0 Å². The number of phosphoric acid groups is 1. The smallest absolute Gasteiger partial charge is 0.790 e. The second-order valence-electron chi connectivity index (χ2n) is 7.62. The summed E-state index contributed by atoms with van der Waals surface area (Å²) < 4.78 is 24.5. The quantitative estimate of drug-likeness (QED) is 0.0454. The van der Waals surface area contributed by atoms with Gasteiger partial charge < -0.3 is 34.5 Å². The standard InChI is InChI=1S/C29H33O8P.H3N.2Na.11H2/c1-3-5-7-9-11-13-15-17-19-21-23-25-28(31)37-29(26-35-38(32,33)34)36-27(30)24-22-20-18-16-14-12-10-8-6-4-2;;;;;;;;;;;;;;/h29H,4,6,8,10,12,14,16,18,20,22,24,26H2,1-2H3,(H2,32,33,34);1H3;;;11*1H/q;;2*+1;;;;;;;;;;;/p-2/t29-;;;;;;;;;;;;;;/m1............../s1. The van der Waals surface area contributed by atoms with E-state index < -0.39 is 32.7 Å². The number of carbonyl (C=O) groups is 2. The SMILES string of the molecule is CC#CC#CC#CC#CC#CC#CC(=O)O[C@H](COP(=O)([O-])[O-])OC(=O)CCCCCCCCCCCC.N.[HH].[HH].[HH].[HH].[HH].[HH].[HH].[HH].[HH].[HH].[HH].[Na+].[Na+]. The van der Waals surface area contributed by atoms with Crippen LogP contribution in [0.4, 0.5) is 0 Å². The number of hydrogen-bond donors (Lipinski definition) is 1. The molecule has 3 N–H and O–H groups in total. The molecule has 0 rings (SSSR count). The summed E-state index contributed by atoms with van der Waals surface area (Å²) in [5.74, 6) is 26.5. The Morgan fingerprint density at radius 2 is 1.17 bits per heavy atom. The van der Waals surface area contributed by atoms with E-state index in [0.717, 1.165) is 25.7 Å². The molecule has 41 heavy (non-hydrogen) atoms. The molecule has 0 aromatic heterocycles. The maximum Gasteiger partial charge on any atom is 1.00 e. The summed E-state index contributed by atoms with van der Waals surface area (Å²) in [5, 5.41) is 0. The van der Waals surface area contributed by atoms with Crippen molar-refractivity contribution in [2.45, 2.75) is 90.8 Å². The van der Waals surface area contributed by atoms with Crippen molar-refractivity contribution in [1.82, 2.24) is 6.15 Å². The van der Waals surface area contributed by atoms with Crippen molar-refractivity contribution in [2.75, 3.05) is 6.61 Å². The Hall–Kier alpha value is -1.63. The van der Waals surface area contributed by atoms with Gasteiger partial charge in [0.2, 0.25) is 0 Å². The van der Waals surface area contributed by atoms with Gasteiger partial charge in [-0.05, 0) is 72.5 Å². The Balaban J connectivity index is -0.0000000752. The maximum atomic E-state index is 12.1. The van der Waals surface area contributed by atoms with Gasteiger partial charge in [0, 0.05) is 28.0 Å². The molecule has 0 spiro atoms. The van der Waals surface area contributed by atoms with Gasteiger partial charge in [0.15, 0.2) is 0 Å². The number of unbranched alkanes of at least 4 members (excludes halogenated alkanes) is 9. The third kappa shape index (κ3) is 36.3. The van der Waals surface area contributed by atoms with Gasteiger partial charge in [0.1, 0.15) is 6.61 Å². The van der Waals surface area contributed by atoms with E-state index in [2.05, 4.69) is 76.6 Å². The molecule has 0 aliphatic carbocycles. The first-order chi connectivity index (χ1) is 18.3. The van der Waals surface area contributed by atoms with Crippen molar-refractivity contribution >= 4 is 19.8 Å². The van der Waals surface area contributed by atoms with Gasteiger partial charge in [-0.25, -0.2) is 4.79 Å². The Labute approximate surface area is 305 Å². The summed E-state index contributed by atoms with van der Waals surface area (Å²) in [6.07, 6.45) is 9.08. The third-order valence-corrected chi connectivity index (χ3v) is 4.92. The molecule has 0 aliphatic heterocycles. The van der Waals surface area contributed by atoms with Gasteiger partial charge in [-0.3, -0.25) is 4.79 Å². The maximum absolute atomic E-state index is 12.1. The monoisotopic (exact) mass is 623 g/mol. The molecule has 12 heteroatoms. The van der Waals surface area contributed by atoms with Crippen LogP contribution in [0, 0.1) is 71.0 Å². The van der Waals surface area contributed by atoms with Crippen LogP contribution in [0.25, 0.3) is 0 Å². The van der Waals surface area contributed by atoms with Crippen molar-refractivity contribution in [3.63, 3.8) is 0 Å². The van der Waals surface area contributed by atoms with E-state index in [1.165, 1.54) is 32.1 Å². The first-order valence-electron chi connectivity index (χ1n) is 12.3. The molecule has 0 radical (unpaired) electrons. The fourth-order valence-corrected chi connectivity index (χ4v) is 3.05. The molecular formula is C29H56NNa2O8P. The largest absolute Gasteiger partial charge is 1.00 e. The minimum Gasteiger partial charge on any atom is -0.790 e. The van der Waals surface area contributed by atoms with Crippen molar-refractivity contribution in [1.29, 1.82) is 0 Å². The molecule has 0 fully saturated rings. The van der Waals surface area contributed by atoms with Crippen LogP contribution in [0.3, 0.4) is 0 Å². The molecule has 0 aromatic carbocycles. The Kier molecular flexibility index (Phi) is 37.2. The Morgan fingerprint density at radius 1 is 0.732 bits per heavy atom. The second-order valence-corrected chi connectivity index (χ2v) is 8.78. The van der Waals surface area contributed by atoms with E-state index >= 15 is 0 Å². The van der Waals surface area contributed by atoms with Crippen LogP contribution >= 0.6 is 7.82 Å². The molecule has 1 atom stereocenters. The molecule has 0 aromatic rings. The van der Waals surface area contributed by atoms with E-state index in [-0.39, 0.29) is 87.4 Å². The topological polar surface area (TPSA) is 160 Å². The summed E-state index contributed by atoms with van der Waals surface area (Å²) >= 11 is 0. The van der Waals surface area contributed by atoms with Gasteiger partial charge in [0.05, 0.1) is 7.82 Å². The van der Waals surface area contributed by atoms with E-state index in [1.807, 2.05) is 5.92 Å². The first-order valence-corrected chi connectivity index (χ1v) is 13.7. The minimum atomic E-state index is -5.38. The van der Waals surface area contributed by atoms with Crippen LogP contribution in [0.5, 0.6) is 0 Å². The van der Waals surface area contributed by atoms with Crippen molar-refractivity contribution in [3.8, 4) is 71.0 Å². The van der Waals surface area contributed by atoms with E-state index in [9.17, 15) is 23.9 Å². The number of hydrogen-bond acceptors (Lipinski definition) is 9. The summed E-state index contributed by atoms with van der Waals surface area (Å²) in [7, 11) is -5.38. The average Bonchev–Trinajstić information content (AvgIpc) is 2.86. The van der Waals surface area contributed by atoms with Crippen molar-refractivity contribution < 1.29 is 113 Å². The molecule has 0 heterocycles. The van der Waals surface area contributed by atoms with E-state index in [1.54, 1.807) is 6.92 Å². The molecule has 0 unspecified atom stereocenters. The Bertz CT molecular complexity index is 1220. The number of ether oxygens (including phenoxy) is 2. The Morgan fingerprint density at radius 3 is 1.63 bits per heavy atom. The van der Waals surface area contributed by atoms with Gasteiger partial charge in [-0.1, -0.05) is 70.6 Å². The fourth-order valence-electron chi connectivity index (χ4n) is 2.75. The first kappa shape index (κ1) is 46.3. The number of phosphoric ester groups is 1. The summed E-state index contributed by atoms with van der Waals surface area (Å²) in [6, 6.07) is 0. The average molecular weight is 624 g/mol. The van der Waals surface area contributed by atoms with Crippen LogP contribution in [0.2, 0.25) is 0 Å². The molecule has 0 aliphatic rings. The van der Waals surface area contributed by atoms with Gasteiger partial charge in [-0.2, -0.15) is 0 Å². The van der Waals surface area contributed by atoms with Crippen LogP contribution in [-0.4, -0.2) is 24.8 Å². The summed E-state index contributed by atoms with van der Waals surface area (Å²) in [4.78, 5) is 45.4. The minimum absolute atomic E-state index is 0. The second kappa shape index (κ2) is 32.9. The zero-order chi connectivity index (χ0) is 28.3. The molecule has 232 valence electrons.